The third kappa shape index (κ3) is 6.14. The Morgan fingerprint density at radius 1 is 0.882 bits per heavy atom. The second-order valence-corrected chi connectivity index (χ2v) is 10.5. The molecule has 1 heterocycles. The van der Waals surface area contributed by atoms with Gasteiger partial charge in [0.05, 0.1) is 15.1 Å². The van der Waals surface area contributed by atoms with Crippen molar-refractivity contribution in [1.82, 2.24) is 14.2 Å². The van der Waals surface area contributed by atoms with Crippen molar-refractivity contribution in [1.29, 1.82) is 0 Å². The molecule has 1 aromatic heterocycles. The van der Waals surface area contributed by atoms with Crippen LogP contribution in [-0.2, 0) is 10.0 Å². The number of aromatic nitrogens is 1. The number of amides is 1. The fourth-order valence-electron chi connectivity index (χ4n) is 3.68. The van der Waals surface area contributed by atoms with Gasteiger partial charge in [-0.05, 0) is 49.5 Å². The average molecular weight is 525 g/mol. The number of carbonyl (C=O) groups is 1. The molecule has 0 unspecified atom stereocenters. The Hall–Kier alpha value is -2.04. The van der Waals surface area contributed by atoms with Gasteiger partial charge in [-0.2, -0.15) is 4.31 Å². The van der Waals surface area contributed by atoms with Gasteiger partial charge in [-0.25, -0.2) is 13.4 Å². The molecule has 10 heteroatoms. The highest BCUT2D eigenvalue weighted by Gasteiger charge is 2.24. The molecule has 0 spiro atoms. The lowest BCUT2D eigenvalue weighted by Gasteiger charge is -2.25. The summed E-state index contributed by atoms with van der Waals surface area (Å²) in [5.74, 6) is -0.187. The summed E-state index contributed by atoms with van der Waals surface area (Å²) in [6.45, 7) is 11.6. The van der Waals surface area contributed by atoms with Gasteiger partial charge >= 0.3 is 0 Å². The maximum atomic E-state index is 13.5. The first kappa shape index (κ1) is 28.2. The highest BCUT2D eigenvalue weighted by atomic mass is 35.5. The van der Waals surface area contributed by atoms with E-state index in [0.717, 1.165) is 29.9 Å². The zero-order chi connectivity index (χ0) is 24.0. The lowest BCUT2D eigenvalue weighted by molar-refractivity contribution is 0.0983. The van der Waals surface area contributed by atoms with Crippen LogP contribution in [0.4, 0.5) is 5.13 Å². The fourth-order valence-corrected chi connectivity index (χ4v) is 6.13. The molecule has 0 aliphatic rings. The van der Waals surface area contributed by atoms with E-state index in [1.54, 1.807) is 17.0 Å². The molecule has 0 atom stereocenters. The van der Waals surface area contributed by atoms with Gasteiger partial charge in [0.15, 0.2) is 5.13 Å². The monoisotopic (exact) mass is 524 g/mol. The van der Waals surface area contributed by atoms with E-state index in [-0.39, 0.29) is 23.2 Å². The number of para-hydroxylation sites is 1. The van der Waals surface area contributed by atoms with E-state index in [1.807, 2.05) is 38.1 Å². The van der Waals surface area contributed by atoms with E-state index in [2.05, 4.69) is 18.7 Å². The summed E-state index contributed by atoms with van der Waals surface area (Å²) in [4.78, 5) is 22.4. The van der Waals surface area contributed by atoms with Gasteiger partial charge in [0.1, 0.15) is 0 Å². The normalized spacial score (nSPS) is 11.7. The predicted octanol–water partition coefficient (Wildman–Crippen LogP) is 4.74. The van der Waals surface area contributed by atoms with Crippen LogP contribution < -0.4 is 4.90 Å². The molecule has 0 bridgehead atoms. The summed E-state index contributed by atoms with van der Waals surface area (Å²) in [5, 5.41) is 0.646. The Kier molecular flexibility index (Phi) is 10.5. The van der Waals surface area contributed by atoms with Crippen molar-refractivity contribution in [3.8, 4) is 0 Å². The smallest absolute Gasteiger partial charge is 0.260 e. The molecule has 34 heavy (non-hydrogen) atoms. The van der Waals surface area contributed by atoms with E-state index < -0.39 is 10.0 Å². The Bertz CT molecular complexity index is 1140. The van der Waals surface area contributed by atoms with Crippen LogP contribution in [-0.4, -0.2) is 67.8 Å². The number of nitrogens with zero attached hydrogens (tertiary/aromatic N) is 4. The number of halogens is 1. The maximum Gasteiger partial charge on any atom is 0.260 e. The fraction of sp³-hybridized carbons (Fsp3) is 0.417. The minimum atomic E-state index is -3.57. The average Bonchev–Trinajstić information content (AvgIpc) is 3.26. The van der Waals surface area contributed by atoms with Crippen LogP contribution in [0.15, 0.2) is 53.4 Å². The van der Waals surface area contributed by atoms with Crippen LogP contribution >= 0.6 is 23.7 Å². The summed E-state index contributed by atoms with van der Waals surface area (Å²) in [6, 6.07) is 14.0. The highest BCUT2D eigenvalue weighted by Crippen LogP contribution is 2.30. The van der Waals surface area contributed by atoms with Crippen molar-refractivity contribution >= 4 is 55.0 Å². The van der Waals surface area contributed by atoms with Gasteiger partial charge in [0.25, 0.3) is 5.91 Å². The molecule has 3 aromatic rings. The van der Waals surface area contributed by atoms with Crippen LogP contribution in [0.3, 0.4) is 0 Å². The van der Waals surface area contributed by atoms with Gasteiger partial charge in [-0.3, -0.25) is 9.69 Å². The Labute approximate surface area is 212 Å². The summed E-state index contributed by atoms with van der Waals surface area (Å²) in [5.41, 5.74) is 1.30. The van der Waals surface area contributed by atoms with E-state index in [0.29, 0.717) is 30.3 Å². The number of hydrogen-bond donors (Lipinski definition) is 0. The van der Waals surface area contributed by atoms with Gasteiger partial charge in [-0.1, -0.05) is 51.2 Å². The van der Waals surface area contributed by atoms with Crippen LogP contribution in [0.2, 0.25) is 0 Å². The molecule has 0 radical (unpaired) electrons. The molecule has 2 aromatic carbocycles. The second kappa shape index (κ2) is 12.6. The lowest BCUT2D eigenvalue weighted by Crippen LogP contribution is -2.39. The number of likely N-dealkylation sites (N-methyl/N-ethyl adjacent to an activating group) is 1. The van der Waals surface area contributed by atoms with Crippen molar-refractivity contribution in [3.63, 3.8) is 0 Å². The molecule has 0 aliphatic carbocycles. The molecule has 1 amide bonds. The second-order valence-electron chi connectivity index (χ2n) is 7.56. The summed E-state index contributed by atoms with van der Waals surface area (Å²) >= 11 is 1.49. The molecule has 7 nitrogen and oxygen atoms in total. The van der Waals surface area contributed by atoms with Crippen molar-refractivity contribution in [2.75, 3.05) is 44.2 Å². The number of fused-ring (bicyclic) bond motifs is 1. The zero-order valence-electron chi connectivity index (χ0n) is 20.1. The summed E-state index contributed by atoms with van der Waals surface area (Å²) < 4.78 is 28.0. The van der Waals surface area contributed by atoms with E-state index in [4.69, 9.17) is 4.98 Å². The minimum absolute atomic E-state index is 0. The van der Waals surface area contributed by atoms with Crippen molar-refractivity contribution < 1.29 is 13.2 Å². The van der Waals surface area contributed by atoms with E-state index in [9.17, 15) is 13.2 Å². The van der Waals surface area contributed by atoms with Gasteiger partial charge in [0.2, 0.25) is 10.0 Å². The largest absolute Gasteiger partial charge is 0.302 e. The molecule has 0 N–H and O–H groups in total. The topological polar surface area (TPSA) is 73.8 Å². The Morgan fingerprint density at radius 2 is 1.50 bits per heavy atom. The Morgan fingerprint density at radius 3 is 2.06 bits per heavy atom. The molecule has 0 saturated heterocycles. The minimum Gasteiger partial charge on any atom is -0.302 e. The van der Waals surface area contributed by atoms with Gasteiger partial charge in [0, 0.05) is 31.7 Å². The molecular weight excluding hydrogens is 492 g/mol. The van der Waals surface area contributed by atoms with Gasteiger partial charge < -0.3 is 4.90 Å². The number of anilines is 1. The first-order chi connectivity index (χ1) is 15.8. The first-order valence-corrected chi connectivity index (χ1v) is 13.6. The van der Waals surface area contributed by atoms with Gasteiger partial charge in [-0.15, -0.1) is 12.4 Å². The maximum absolute atomic E-state index is 13.5. The molecule has 0 saturated carbocycles. The van der Waals surface area contributed by atoms with Crippen LogP contribution in [0, 0.1) is 0 Å². The molecule has 0 fully saturated rings. The first-order valence-electron chi connectivity index (χ1n) is 11.4. The molecule has 186 valence electrons. The molecular formula is C24H33ClN4O3S2. The summed E-state index contributed by atoms with van der Waals surface area (Å²) in [6.07, 6.45) is 0. The van der Waals surface area contributed by atoms with Crippen LogP contribution in [0.25, 0.3) is 10.2 Å². The third-order valence-corrected chi connectivity index (χ3v) is 8.86. The van der Waals surface area contributed by atoms with Crippen molar-refractivity contribution in [2.45, 2.75) is 32.6 Å². The quantitative estimate of drug-likeness (QED) is 0.362. The lowest BCUT2D eigenvalue weighted by atomic mass is 10.2. The highest BCUT2D eigenvalue weighted by molar-refractivity contribution is 7.89. The van der Waals surface area contributed by atoms with Crippen molar-refractivity contribution in [3.05, 3.63) is 54.1 Å². The third-order valence-electron chi connectivity index (χ3n) is 5.74. The number of thiazole rings is 1. The standard InChI is InChI=1S/C24H32N4O3S2.ClH/c1-5-26(6-2)17-18-28(24-25-21-11-9-10-12-22(21)32-24)23(29)19-13-15-20(16-14-19)33(30,31)27(7-3)8-4;/h9-16H,5-8,17-18H2,1-4H3;1H. The molecule has 0 aliphatic heterocycles. The van der Waals surface area contributed by atoms with Crippen LogP contribution in [0.5, 0.6) is 0 Å². The molecule has 3 rings (SSSR count). The van der Waals surface area contributed by atoms with E-state index >= 15 is 0 Å². The van der Waals surface area contributed by atoms with E-state index in [1.165, 1.54) is 27.8 Å². The SMILES string of the molecule is CCN(CC)CCN(C(=O)c1ccc(S(=O)(=O)N(CC)CC)cc1)c1nc2ccccc2s1.Cl. The predicted molar refractivity (Wildman–Crippen MR) is 143 cm³/mol. The Balaban J connectivity index is 0.00000408. The van der Waals surface area contributed by atoms with Crippen LogP contribution in [0.1, 0.15) is 38.1 Å². The number of carbonyl (C=O) groups excluding carboxylic acids is 1. The number of hydrogen-bond acceptors (Lipinski definition) is 6. The zero-order valence-corrected chi connectivity index (χ0v) is 22.5. The number of rotatable bonds is 11. The number of benzene rings is 2. The summed E-state index contributed by atoms with van der Waals surface area (Å²) in [7, 11) is -3.57. The van der Waals surface area contributed by atoms with Crippen molar-refractivity contribution in [2.24, 2.45) is 0 Å². The number of sulfonamides is 1.